The Kier molecular flexibility index (Phi) is 2.92. The van der Waals surface area contributed by atoms with Gasteiger partial charge in [0.2, 0.25) is 0 Å². The first-order chi connectivity index (χ1) is 8.02. The number of nitrogens with zero attached hydrogens (tertiary/aromatic N) is 1. The number of rotatable bonds is 2. The Hall–Kier alpha value is -1.77. The molecule has 1 aromatic heterocycles. The fourth-order valence-electron chi connectivity index (χ4n) is 1.79. The average Bonchev–Trinajstić information content (AvgIpc) is 2.80. The molecular weight excluding hydrogens is 212 g/mol. The molecule has 0 aliphatic heterocycles. The fourth-order valence-corrected chi connectivity index (χ4v) is 1.79. The van der Waals surface area contributed by atoms with Crippen molar-refractivity contribution in [2.45, 2.75) is 26.2 Å². The molecule has 0 saturated carbocycles. The Morgan fingerprint density at radius 1 is 1.18 bits per heavy atom. The summed E-state index contributed by atoms with van der Waals surface area (Å²) < 4.78 is 5.39. The van der Waals surface area contributed by atoms with E-state index in [0.29, 0.717) is 0 Å². The predicted molar refractivity (Wildman–Crippen MR) is 69.3 cm³/mol. The second-order valence-corrected chi connectivity index (χ2v) is 5.14. The van der Waals surface area contributed by atoms with Crippen LogP contribution >= 0.6 is 0 Å². The van der Waals surface area contributed by atoms with Crippen LogP contribution in [-0.4, -0.2) is 17.3 Å². The third-order valence-corrected chi connectivity index (χ3v) is 2.86. The quantitative estimate of drug-likeness (QED) is 0.858. The van der Waals surface area contributed by atoms with Gasteiger partial charge in [-0.3, -0.25) is 5.10 Å². The highest BCUT2D eigenvalue weighted by Crippen LogP contribution is 2.33. The maximum atomic E-state index is 5.39. The standard InChI is InChI=1S/C14H18N2O/c1-14(2,3)10-5-6-13(17-4)11(9-10)12-7-8-15-16-12/h5-9H,1-4H3,(H,15,16). The number of nitrogens with one attached hydrogen (secondary N) is 1. The second-order valence-electron chi connectivity index (χ2n) is 5.14. The van der Waals surface area contributed by atoms with E-state index < -0.39 is 0 Å². The van der Waals surface area contributed by atoms with Crippen molar-refractivity contribution >= 4 is 0 Å². The third-order valence-electron chi connectivity index (χ3n) is 2.86. The summed E-state index contributed by atoms with van der Waals surface area (Å²) in [5.74, 6) is 0.863. The highest BCUT2D eigenvalue weighted by molar-refractivity contribution is 5.68. The van der Waals surface area contributed by atoms with Crippen LogP contribution in [0.25, 0.3) is 11.3 Å². The van der Waals surface area contributed by atoms with Gasteiger partial charge in [0.1, 0.15) is 5.75 Å². The lowest BCUT2D eigenvalue weighted by molar-refractivity contribution is 0.415. The zero-order chi connectivity index (χ0) is 12.5. The van der Waals surface area contributed by atoms with Crippen molar-refractivity contribution in [1.29, 1.82) is 0 Å². The van der Waals surface area contributed by atoms with Crippen LogP contribution in [0.1, 0.15) is 26.3 Å². The van der Waals surface area contributed by atoms with Crippen LogP contribution in [0, 0.1) is 0 Å². The number of aromatic nitrogens is 2. The first-order valence-electron chi connectivity index (χ1n) is 5.70. The van der Waals surface area contributed by atoms with Crippen molar-refractivity contribution in [3.8, 4) is 17.0 Å². The van der Waals surface area contributed by atoms with E-state index in [1.807, 2.05) is 12.1 Å². The molecule has 0 aliphatic carbocycles. The fraction of sp³-hybridized carbons (Fsp3) is 0.357. The van der Waals surface area contributed by atoms with E-state index in [2.05, 4.69) is 43.1 Å². The Bertz CT molecular complexity index is 495. The minimum Gasteiger partial charge on any atom is -0.496 e. The Morgan fingerprint density at radius 2 is 1.94 bits per heavy atom. The van der Waals surface area contributed by atoms with E-state index in [9.17, 15) is 0 Å². The average molecular weight is 230 g/mol. The largest absolute Gasteiger partial charge is 0.496 e. The van der Waals surface area contributed by atoms with Crippen molar-refractivity contribution in [2.75, 3.05) is 7.11 Å². The third kappa shape index (κ3) is 2.33. The molecule has 2 aromatic rings. The van der Waals surface area contributed by atoms with Crippen LogP contribution in [0.4, 0.5) is 0 Å². The number of aromatic amines is 1. The molecule has 0 saturated heterocycles. The minimum atomic E-state index is 0.126. The summed E-state index contributed by atoms with van der Waals surface area (Å²) in [6.07, 6.45) is 1.75. The van der Waals surface area contributed by atoms with Crippen molar-refractivity contribution in [3.05, 3.63) is 36.0 Å². The van der Waals surface area contributed by atoms with Gasteiger partial charge in [0.15, 0.2) is 0 Å². The number of H-pyrrole nitrogens is 1. The van der Waals surface area contributed by atoms with Crippen LogP contribution in [0.15, 0.2) is 30.5 Å². The molecule has 0 radical (unpaired) electrons. The second kappa shape index (κ2) is 4.24. The monoisotopic (exact) mass is 230 g/mol. The molecule has 0 atom stereocenters. The molecule has 2 rings (SSSR count). The molecular formula is C14H18N2O. The van der Waals surface area contributed by atoms with E-state index in [1.54, 1.807) is 13.3 Å². The van der Waals surface area contributed by atoms with Gasteiger partial charge < -0.3 is 4.74 Å². The van der Waals surface area contributed by atoms with Gasteiger partial charge in [0.25, 0.3) is 0 Å². The molecule has 0 unspecified atom stereocenters. The molecule has 1 heterocycles. The molecule has 1 aromatic carbocycles. The van der Waals surface area contributed by atoms with Gasteiger partial charge in [-0.15, -0.1) is 0 Å². The molecule has 3 heteroatoms. The number of methoxy groups -OCH3 is 1. The Labute approximate surface area is 102 Å². The number of ether oxygens (including phenoxy) is 1. The van der Waals surface area contributed by atoms with Gasteiger partial charge in [-0.1, -0.05) is 26.8 Å². The lowest BCUT2D eigenvalue weighted by Gasteiger charge is -2.20. The molecule has 1 N–H and O–H groups in total. The van der Waals surface area contributed by atoms with Gasteiger partial charge >= 0.3 is 0 Å². The van der Waals surface area contributed by atoms with E-state index >= 15 is 0 Å². The zero-order valence-electron chi connectivity index (χ0n) is 10.7. The topological polar surface area (TPSA) is 37.9 Å². The Balaban J connectivity index is 2.55. The summed E-state index contributed by atoms with van der Waals surface area (Å²) >= 11 is 0. The molecule has 3 nitrogen and oxygen atoms in total. The molecule has 0 spiro atoms. The van der Waals surface area contributed by atoms with Crippen molar-refractivity contribution in [1.82, 2.24) is 10.2 Å². The van der Waals surface area contributed by atoms with E-state index in [-0.39, 0.29) is 5.41 Å². The molecule has 0 fully saturated rings. The highest BCUT2D eigenvalue weighted by atomic mass is 16.5. The number of hydrogen-bond donors (Lipinski definition) is 1. The molecule has 0 bridgehead atoms. The van der Waals surface area contributed by atoms with Crippen molar-refractivity contribution < 1.29 is 4.74 Å². The highest BCUT2D eigenvalue weighted by Gasteiger charge is 2.16. The summed E-state index contributed by atoms with van der Waals surface area (Å²) in [5.41, 5.74) is 3.44. The lowest BCUT2D eigenvalue weighted by Crippen LogP contribution is -2.11. The van der Waals surface area contributed by atoms with Crippen LogP contribution in [-0.2, 0) is 5.41 Å². The summed E-state index contributed by atoms with van der Waals surface area (Å²) in [4.78, 5) is 0. The van der Waals surface area contributed by atoms with Gasteiger partial charge in [0, 0.05) is 11.8 Å². The summed E-state index contributed by atoms with van der Waals surface area (Å²) in [6.45, 7) is 6.60. The maximum absolute atomic E-state index is 5.39. The number of benzene rings is 1. The predicted octanol–water partition coefficient (Wildman–Crippen LogP) is 3.38. The first kappa shape index (κ1) is 11.7. The van der Waals surface area contributed by atoms with Gasteiger partial charge in [0.05, 0.1) is 12.8 Å². The van der Waals surface area contributed by atoms with Gasteiger partial charge in [-0.05, 0) is 29.2 Å². The van der Waals surface area contributed by atoms with Crippen molar-refractivity contribution in [3.63, 3.8) is 0 Å². The van der Waals surface area contributed by atoms with Gasteiger partial charge in [-0.2, -0.15) is 5.10 Å². The summed E-state index contributed by atoms with van der Waals surface area (Å²) in [7, 11) is 1.69. The van der Waals surface area contributed by atoms with Crippen LogP contribution in [0.2, 0.25) is 0 Å². The summed E-state index contributed by atoms with van der Waals surface area (Å²) in [5, 5.41) is 6.96. The first-order valence-corrected chi connectivity index (χ1v) is 5.70. The smallest absolute Gasteiger partial charge is 0.128 e. The van der Waals surface area contributed by atoms with Crippen LogP contribution in [0.5, 0.6) is 5.75 Å². The molecule has 0 aliphatic rings. The number of hydrogen-bond acceptors (Lipinski definition) is 2. The zero-order valence-corrected chi connectivity index (χ0v) is 10.7. The van der Waals surface area contributed by atoms with E-state index in [4.69, 9.17) is 4.74 Å². The molecule has 0 amide bonds. The van der Waals surface area contributed by atoms with Gasteiger partial charge in [-0.25, -0.2) is 0 Å². The molecule has 17 heavy (non-hydrogen) atoms. The lowest BCUT2D eigenvalue weighted by atomic mass is 9.85. The van der Waals surface area contributed by atoms with Crippen molar-refractivity contribution in [2.24, 2.45) is 0 Å². The molecule has 90 valence electrons. The van der Waals surface area contributed by atoms with Crippen LogP contribution in [0.3, 0.4) is 0 Å². The minimum absolute atomic E-state index is 0.126. The Morgan fingerprint density at radius 3 is 2.47 bits per heavy atom. The SMILES string of the molecule is COc1ccc(C(C)(C)C)cc1-c1ccn[nH]1. The van der Waals surface area contributed by atoms with Crippen LogP contribution < -0.4 is 4.74 Å². The normalized spacial score (nSPS) is 11.5. The van der Waals surface area contributed by atoms with E-state index in [1.165, 1.54) is 5.56 Å². The van der Waals surface area contributed by atoms with E-state index in [0.717, 1.165) is 17.0 Å². The maximum Gasteiger partial charge on any atom is 0.128 e. The summed E-state index contributed by atoms with van der Waals surface area (Å²) in [6, 6.07) is 8.23.